The van der Waals surface area contributed by atoms with Crippen molar-refractivity contribution in [3.8, 4) is 0 Å². The van der Waals surface area contributed by atoms with E-state index in [4.69, 9.17) is 9.72 Å². The molecule has 0 bridgehead atoms. The van der Waals surface area contributed by atoms with Crippen molar-refractivity contribution in [3.63, 3.8) is 0 Å². The van der Waals surface area contributed by atoms with Crippen molar-refractivity contribution < 1.29 is 9.53 Å². The van der Waals surface area contributed by atoms with Crippen LogP contribution >= 0.6 is 11.8 Å². The molecule has 0 atom stereocenters. The minimum atomic E-state index is -0.0422. The van der Waals surface area contributed by atoms with Crippen LogP contribution in [0.25, 0.3) is 0 Å². The number of carbonyl (C=O) groups excluding carboxylic acids is 1. The first-order valence-electron chi connectivity index (χ1n) is 13.4. The average molecular weight is 527 g/mol. The molecule has 37 heavy (non-hydrogen) atoms. The van der Waals surface area contributed by atoms with E-state index in [1.54, 1.807) is 11.8 Å². The molecule has 0 aliphatic carbocycles. The molecule has 3 aliphatic rings. The number of aryl methyl sites for hydroxylation is 1. The number of amides is 1. The van der Waals surface area contributed by atoms with Gasteiger partial charge in [-0.3, -0.25) is 14.6 Å². The van der Waals surface area contributed by atoms with Crippen LogP contribution < -0.4 is 21.1 Å². The summed E-state index contributed by atoms with van der Waals surface area (Å²) in [7, 11) is 2.04. The van der Waals surface area contributed by atoms with Gasteiger partial charge in [0.05, 0.1) is 12.3 Å². The third-order valence-corrected chi connectivity index (χ3v) is 8.89. The SMILES string of the molecule is CCOCCN(C)CCNC(=O)c1ccc2c(c1)NCC21CCN(c2nc3c(c(=O)[nH]2)CSCC3)CC1. The van der Waals surface area contributed by atoms with E-state index in [1.165, 1.54) is 5.56 Å². The summed E-state index contributed by atoms with van der Waals surface area (Å²) in [6, 6.07) is 6.07. The number of ether oxygens (including phenoxy) is 1. The van der Waals surface area contributed by atoms with Crippen molar-refractivity contribution in [1.29, 1.82) is 0 Å². The second kappa shape index (κ2) is 11.4. The Hall–Kier alpha value is -2.56. The molecule has 2 aromatic rings. The molecular formula is C27H38N6O3S. The van der Waals surface area contributed by atoms with Crippen LogP contribution in [0.1, 0.15) is 46.9 Å². The predicted octanol–water partition coefficient (Wildman–Crippen LogP) is 2.22. The molecule has 5 rings (SSSR count). The quantitative estimate of drug-likeness (QED) is 0.428. The number of benzene rings is 1. The van der Waals surface area contributed by atoms with Crippen molar-refractivity contribution in [3.05, 3.63) is 50.9 Å². The molecule has 1 spiro atoms. The summed E-state index contributed by atoms with van der Waals surface area (Å²) in [5.41, 5.74) is 4.92. The van der Waals surface area contributed by atoms with Crippen LogP contribution in [0.3, 0.4) is 0 Å². The Kier molecular flexibility index (Phi) is 8.07. The van der Waals surface area contributed by atoms with Crippen LogP contribution in [0.4, 0.5) is 11.6 Å². The number of thioether (sulfide) groups is 1. The van der Waals surface area contributed by atoms with Crippen LogP contribution in [0, 0.1) is 0 Å². The molecule has 10 heteroatoms. The number of fused-ring (bicyclic) bond motifs is 3. The Morgan fingerprint density at radius 3 is 2.95 bits per heavy atom. The minimum Gasteiger partial charge on any atom is -0.384 e. The molecule has 1 aromatic carbocycles. The van der Waals surface area contributed by atoms with Gasteiger partial charge in [-0.1, -0.05) is 6.07 Å². The lowest BCUT2D eigenvalue weighted by molar-refractivity contribution is 0.0944. The summed E-state index contributed by atoms with van der Waals surface area (Å²) in [4.78, 5) is 37.6. The smallest absolute Gasteiger partial charge is 0.256 e. The number of piperidine rings is 1. The molecular weight excluding hydrogens is 488 g/mol. The first-order chi connectivity index (χ1) is 18.0. The number of H-pyrrole nitrogens is 1. The standard InChI is InChI=1S/C27H38N6O3S/c1-3-36-14-13-32(2)12-9-28-24(34)19-4-5-21-23(16-19)29-18-27(21)7-10-33(11-8-27)26-30-22-6-15-37-17-20(22)25(35)31-26/h4-5,16,29H,3,6-15,17-18H2,1-2H3,(H,28,34)(H,30,31,35). The van der Waals surface area contributed by atoms with E-state index < -0.39 is 0 Å². The molecule has 1 saturated heterocycles. The molecule has 200 valence electrons. The predicted molar refractivity (Wildman–Crippen MR) is 149 cm³/mol. The van der Waals surface area contributed by atoms with Crippen LogP contribution in [0.15, 0.2) is 23.0 Å². The molecule has 1 amide bonds. The van der Waals surface area contributed by atoms with Gasteiger partial charge in [-0.25, -0.2) is 4.98 Å². The van der Waals surface area contributed by atoms with Crippen molar-refractivity contribution in [2.75, 3.05) is 75.5 Å². The number of rotatable bonds is 9. The minimum absolute atomic E-state index is 0.0170. The summed E-state index contributed by atoms with van der Waals surface area (Å²) in [5, 5.41) is 6.61. The summed E-state index contributed by atoms with van der Waals surface area (Å²) >= 11 is 1.80. The molecule has 0 unspecified atom stereocenters. The fourth-order valence-corrected chi connectivity index (χ4v) is 6.55. The second-order valence-corrected chi connectivity index (χ2v) is 11.4. The van der Waals surface area contributed by atoms with Crippen LogP contribution in [0.2, 0.25) is 0 Å². The molecule has 1 fully saturated rings. The Morgan fingerprint density at radius 1 is 1.30 bits per heavy atom. The van der Waals surface area contributed by atoms with Gasteiger partial charge >= 0.3 is 0 Å². The number of anilines is 2. The lowest BCUT2D eigenvalue weighted by Gasteiger charge is -2.39. The molecule has 0 saturated carbocycles. The maximum atomic E-state index is 12.8. The van der Waals surface area contributed by atoms with Gasteiger partial charge in [0, 0.05) is 73.9 Å². The number of carbonyl (C=O) groups is 1. The lowest BCUT2D eigenvalue weighted by Crippen LogP contribution is -2.45. The van der Waals surface area contributed by atoms with Crippen LogP contribution in [0.5, 0.6) is 0 Å². The summed E-state index contributed by atoms with van der Waals surface area (Å²) in [6.45, 7) is 8.22. The zero-order valence-corrected chi connectivity index (χ0v) is 22.7. The van der Waals surface area contributed by atoms with Crippen LogP contribution in [-0.2, 0) is 22.3 Å². The van der Waals surface area contributed by atoms with Gasteiger partial charge < -0.3 is 25.2 Å². The first-order valence-corrected chi connectivity index (χ1v) is 14.5. The number of aromatic nitrogens is 2. The average Bonchev–Trinajstić information content (AvgIpc) is 3.26. The zero-order chi connectivity index (χ0) is 25.8. The molecule has 4 heterocycles. The molecule has 1 aromatic heterocycles. The monoisotopic (exact) mass is 526 g/mol. The highest BCUT2D eigenvalue weighted by molar-refractivity contribution is 7.98. The Balaban J connectivity index is 1.18. The molecule has 3 aliphatic heterocycles. The Labute approximate surface area is 222 Å². The molecule has 9 nitrogen and oxygen atoms in total. The number of hydrogen-bond donors (Lipinski definition) is 3. The summed E-state index contributed by atoms with van der Waals surface area (Å²) in [6.07, 6.45) is 2.82. The van der Waals surface area contributed by atoms with Gasteiger partial charge in [-0.15, -0.1) is 0 Å². The number of hydrogen-bond acceptors (Lipinski definition) is 8. The van der Waals surface area contributed by atoms with Gasteiger partial charge in [0.2, 0.25) is 5.95 Å². The highest BCUT2D eigenvalue weighted by Gasteiger charge is 2.42. The van der Waals surface area contributed by atoms with Gasteiger partial charge in [0.1, 0.15) is 0 Å². The van der Waals surface area contributed by atoms with Crippen molar-refractivity contribution in [1.82, 2.24) is 20.2 Å². The zero-order valence-electron chi connectivity index (χ0n) is 21.9. The van der Waals surface area contributed by atoms with Gasteiger partial charge in [0.25, 0.3) is 11.5 Å². The Bertz CT molecular complexity index is 1180. The van der Waals surface area contributed by atoms with Gasteiger partial charge in [0.15, 0.2) is 0 Å². The van der Waals surface area contributed by atoms with E-state index >= 15 is 0 Å². The summed E-state index contributed by atoms with van der Waals surface area (Å²) < 4.78 is 5.39. The summed E-state index contributed by atoms with van der Waals surface area (Å²) in [5.74, 6) is 2.46. The van der Waals surface area contributed by atoms with Gasteiger partial charge in [-0.2, -0.15) is 11.8 Å². The number of aromatic amines is 1. The number of nitrogens with one attached hydrogen (secondary N) is 3. The number of nitrogens with zero attached hydrogens (tertiary/aromatic N) is 3. The maximum absolute atomic E-state index is 12.8. The van der Waals surface area contributed by atoms with Gasteiger partial charge in [-0.05, 0) is 56.7 Å². The van der Waals surface area contributed by atoms with E-state index in [1.807, 2.05) is 26.1 Å². The Morgan fingerprint density at radius 2 is 2.14 bits per heavy atom. The van der Waals surface area contributed by atoms with E-state index in [0.717, 1.165) is 87.0 Å². The van der Waals surface area contributed by atoms with E-state index in [9.17, 15) is 9.59 Å². The van der Waals surface area contributed by atoms with Crippen molar-refractivity contribution in [2.24, 2.45) is 0 Å². The molecule has 0 radical (unpaired) electrons. The van der Waals surface area contributed by atoms with Crippen molar-refractivity contribution >= 4 is 29.3 Å². The largest absolute Gasteiger partial charge is 0.384 e. The third-order valence-electron chi connectivity index (χ3n) is 7.91. The van der Waals surface area contributed by atoms with Crippen LogP contribution in [-0.4, -0.2) is 86.1 Å². The number of likely N-dealkylation sites (N-methyl/N-ethyl adjacent to an activating group) is 1. The third kappa shape index (κ3) is 5.66. The first kappa shape index (κ1) is 26.1. The van der Waals surface area contributed by atoms with E-state index in [-0.39, 0.29) is 16.9 Å². The second-order valence-electron chi connectivity index (χ2n) is 10.3. The highest BCUT2D eigenvalue weighted by atomic mass is 32.2. The maximum Gasteiger partial charge on any atom is 0.256 e. The molecule has 3 N–H and O–H groups in total. The van der Waals surface area contributed by atoms with Crippen molar-refractivity contribution in [2.45, 2.75) is 37.4 Å². The normalized spacial score (nSPS) is 18.0. The van der Waals surface area contributed by atoms with E-state index in [0.29, 0.717) is 24.7 Å². The fourth-order valence-electron chi connectivity index (χ4n) is 5.57. The fraction of sp³-hybridized carbons (Fsp3) is 0.593. The topological polar surface area (TPSA) is 103 Å². The lowest BCUT2D eigenvalue weighted by atomic mass is 9.74. The van der Waals surface area contributed by atoms with E-state index in [2.05, 4.69) is 31.5 Å². The highest BCUT2D eigenvalue weighted by Crippen LogP contribution is 2.44.